The van der Waals surface area contributed by atoms with Gasteiger partial charge in [0, 0.05) is 11.4 Å². The maximum absolute atomic E-state index is 11.0. The molecule has 3 aromatic carbocycles. The Morgan fingerprint density at radius 3 is 2.00 bits per heavy atom. The van der Waals surface area contributed by atoms with Crippen molar-refractivity contribution in [2.45, 2.75) is 51.1 Å². The molecule has 0 bridgehead atoms. The van der Waals surface area contributed by atoms with E-state index in [1.165, 1.54) is 22.3 Å². The van der Waals surface area contributed by atoms with Gasteiger partial charge in [-0.15, -0.1) is 0 Å². The van der Waals surface area contributed by atoms with Crippen molar-refractivity contribution in [2.24, 2.45) is 5.92 Å². The Balaban J connectivity index is 1.23. The first-order chi connectivity index (χ1) is 16.0. The summed E-state index contributed by atoms with van der Waals surface area (Å²) in [6, 6.07) is 21.6. The number of aryl methyl sites for hydroxylation is 1. The van der Waals surface area contributed by atoms with Crippen molar-refractivity contribution < 1.29 is 9.90 Å². The van der Waals surface area contributed by atoms with Gasteiger partial charge in [0.25, 0.3) is 0 Å². The molecule has 4 nitrogen and oxygen atoms in total. The van der Waals surface area contributed by atoms with E-state index in [-0.39, 0.29) is 6.17 Å². The number of benzene rings is 3. The monoisotopic (exact) mass is 460 g/mol. The van der Waals surface area contributed by atoms with Crippen LogP contribution in [0.2, 0.25) is 5.02 Å². The maximum Gasteiger partial charge on any atom is 0.303 e. The molecule has 1 unspecified atom stereocenters. The van der Waals surface area contributed by atoms with Crippen LogP contribution >= 0.6 is 11.6 Å². The molecule has 1 atom stereocenters. The second kappa shape index (κ2) is 9.11. The lowest BCUT2D eigenvalue weighted by Crippen LogP contribution is -2.16. The Morgan fingerprint density at radius 2 is 1.42 bits per heavy atom. The van der Waals surface area contributed by atoms with E-state index in [2.05, 4.69) is 65.2 Å². The first kappa shape index (κ1) is 21.8. The van der Waals surface area contributed by atoms with Crippen molar-refractivity contribution in [3.8, 4) is 11.1 Å². The highest BCUT2D eigenvalue weighted by Crippen LogP contribution is 2.40. The molecule has 0 saturated heterocycles. The number of carboxylic acid groups (broad SMARTS) is 1. The van der Waals surface area contributed by atoms with Gasteiger partial charge >= 0.3 is 5.97 Å². The minimum Gasteiger partial charge on any atom is -0.481 e. The predicted molar refractivity (Wildman–Crippen MR) is 135 cm³/mol. The van der Waals surface area contributed by atoms with Crippen molar-refractivity contribution in [3.63, 3.8) is 0 Å². The summed E-state index contributed by atoms with van der Waals surface area (Å²) in [6.07, 6.45) is 4.54. The molecule has 33 heavy (non-hydrogen) atoms. The standard InChI is InChI=1S/C28H29ClN2O2/c1-17-14-25-26(16-24(17)29)31-28(30-25)23-12-10-22(11-13-23)21-8-6-20(7-9-21)19-4-2-18(3-5-19)15-27(32)33/h6-14,16,18-19,28,30-31H,2-5,15H2,1H3,(H,32,33). The molecule has 0 spiro atoms. The van der Waals surface area contributed by atoms with E-state index in [1.54, 1.807) is 0 Å². The molecule has 1 aliphatic carbocycles. The second-order valence-corrected chi connectivity index (χ2v) is 9.84. The van der Waals surface area contributed by atoms with Crippen LogP contribution in [0.4, 0.5) is 11.4 Å². The molecule has 1 saturated carbocycles. The van der Waals surface area contributed by atoms with E-state index in [9.17, 15) is 4.79 Å². The number of fused-ring (bicyclic) bond motifs is 1. The largest absolute Gasteiger partial charge is 0.481 e. The first-order valence-corrected chi connectivity index (χ1v) is 12.1. The van der Waals surface area contributed by atoms with Crippen molar-refractivity contribution in [1.82, 2.24) is 0 Å². The van der Waals surface area contributed by atoms with Crippen LogP contribution in [0.3, 0.4) is 0 Å². The Bertz CT molecular complexity index is 1120. The zero-order valence-electron chi connectivity index (χ0n) is 18.8. The summed E-state index contributed by atoms with van der Waals surface area (Å²) in [5.41, 5.74) is 8.14. The van der Waals surface area contributed by atoms with E-state index in [0.717, 1.165) is 47.6 Å². The van der Waals surface area contributed by atoms with Crippen LogP contribution in [-0.2, 0) is 4.79 Å². The van der Waals surface area contributed by atoms with Crippen LogP contribution in [0.1, 0.15) is 60.9 Å². The fourth-order valence-corrected chi connectivity index (χ4v) is 5.36. The molecular weight excluding hydrogens is 432 g/mol. The lowest BCUT2D eigenvalue weighted by atomic mass is 9.77. The van der Waals surface area contributed by atoms with E-state index < -0.39 is 5.97 Å². The quantitative estimate of drug-likeness (QED) is 0.366. The Kier molecular flexibility index (Phi) is 6.03. The van der Waals surface area contributed by atoms with Gasteiger partial charge in [0.15, 0.2) is 0 Å². The van der Waals surface area contributed by atoms with Gasteiger partial charge in [-0.25, -0.2) is 0 Å². The summed E-state index contributed by atoms with van der Waals surface area (Å²) < 4.78 is 0. The fraction of sp³-hybridized carbons (Fsp3) is 0.321. The topological polar surface area (TPSA) is 61.4 Å². The highest BCUT2D eigenvalue weighted by atomic mass is 35.5. The molecule has 3 aromatic rings. The number of hydrogen-bond acceptors (Lipinski definition) is 3. The number of aliphatic carboxylic acids is 1. The van der Waals surface area contributed by atoms with Crippen molar-refractivity contribution in [2.75, 3.05) is 10.6 Å². The van der Waals surface area contributed by atoms with Gasteiger partial charge in [0.05, 0.1) is 11.4 Å². The molecule has 2 aliphatic rings. The van der Waals surface area contributed by atoms with Crippen LogP contribution in [0, 0.1) is 12.8 Å². The molecule has 1 fully saturated rings. The third-order valence-electron chi connectivity index (χ3n) is 7.17. The summed E-state index contributed by atoms with van der Waals surface area (Å²) >= 11 is 6.27. The molecule has 0 radical (unpaired) electrons. The van der Waals surface area contributed by atoms with Crippen molar-refractivity contribution in [3.05, 3.63) is 82.4 Å². The molecule has 170 valence electrons. The normalized spacial score (nSPS) is 21.7. The van der Waals surface area contributed by atoms with Crippen LogP contribution in [0.25, 0.3) is 11.1 Å². The number of rotatable bonds is 5. The summed E-state index contributed by atoms with van der Waals surface area (Å²) in [6.45, 7) is 2.02. The zero-order valence-corrected chi connectivity index (χ0v) is 19.5. The molecule has 5 rings (SSSR count). The zero-order chi connectivity index (χ0) is 22.9. The van der Waals surface area contributed by atoms with Crippen LogP contribution in [0.15, 0.2) is 60.7 Å². The lowest BCUT2D eigenvalue weighted by molar-refractivity contribution is -0.138. The molecule has 0 amide bonds. The van der Waals surface area contributed by atoms with Gasteiger partial charge in [-0.1, -0.05) is 60.1 Å². The molecule has 3 N–H and O–H groups in total. The van der Waals surface area contributed by atoms with Gasteiger partial charge in [-0.3, -0.25) is 4.79 Å². The smallest absolute Gasteiger partial charge is 0.303 e. The van der Waals surface area contributed by atoms with E-state index in [4.69, 9.17) is 16.7 Å². The highest BCUT2D eigenvalue weighted by Gasteiger charge is 2.24. The SMILES string of the molecule is Cc1cc2c(cc1Cl)NC(c1ccc(-c3ccc(C4CCC(CC(=O)O)CC4)cc3)cc1)N2. The second-order valence-electron chi connectivity index (χ2n) is 9.43. The van der Waals surface area contributed by atoms with Crippen molar-refractivity contribution in [1.29, 1.82) is 0 Å². The van der Waals surface area contributed by atoms with Crippen LogP contribution in [0.5, 0.6) is 0 Å². The van der Waals surface area contributed by atoms with Gasteiger partial charge < -0.3 is 15.7 Å². The number of halogens is 1. The third-order valence-corrected chi connectivity index (χ3v) is 7.58. The average Bonchev–Trinajstić information content (AvgIpc) is 3.22. The van der Waals surface area contributed by atoms with Crippen LogP contribution < -0.4 is 10.6 Å². The van der Waals surface area contributed by atoms with Crippen LogP contribution in [-0.4, -0.2) is 11.1 Å². The lowest BCUT2D eigenvalue weighted by Gasteiger charge is -2.28. The summed E-state index contributed by atoms with van der Waals surface area (Å²) in [5, 5.41) is 16.8. The van der Waals surface area contributed by atoms with Gasteiger partial charge in [0.1, 0.15) is 6.17 Å². The Morgan fingerprint density at radius 1 is 0.879 bits per heavy atom. The minimum atomic E-state index is -0.669. The number of carboxylic acids is 1. The number of carbonyl (C=O) groups is 1. The minimum absolute atomic E-state index is 0.0329. The van der Waals surface area contributed by atoms with E-state index in [1.807, 2.05) is 13.0 Å². The van der Waals surface area contributed by atoms with Gasteiger partial charge in [0.2, 0.25) is 0 Å². The number of hydrogen-bond donors (Lipinski definition) is 3. The van der Waals surface area contributed by atoms with E-state index >= 15 is 0 Å². The predicted octanol–water partition coefficient (Wildman–Crippen LogP) is 7.60. The molecular formula is C28H29ClN2O2. The maximum atomic E-state index is 11.0. The number of nitrogens with one attached hydrogen (secondary N) is 2. The average molecular weight is 461 g/mol. The summed E-state index contributed by atoms with van der Waals surface area (Å²) in [4.78, 5) is 11.0. The summed E-state index contributed by atoms with van der Waals surface area (Å²) in [7, 11) is 0. The molecule has 0 aromatic heterocycles. The molecule has 1 heterocycles. The summed E-state index contributed by atoms with van der Waals surface area (Å²) in [5.74, 6) is 0.219. The molecule has 5 heteroatoms. The van der Waals surface area contributed by atoms with Gasteiger partial charge in [-0.2, -0.15) is 0 Å². The fourth-order valence-electron chi connectivity index (χ4n) is 5.20. The Hall–Kier alpha value is -2.98. The number of anilines is 2. The van der Waals surface area contributed by atoms with E-state index in [0.29, 0.717) is 18.3 Å². The van der Waals surface area contributed by atoms with Gasteiger partial charge in [-0.05, 0) is 84.4 Å². The van der Waals surface area contributed by atoms with Crippen molar-refractivity contribution >= 4 is 28.9 Å². The first-order valence-electron chi connectivity index (χ1n) is 11.7. The molecule has 1 aliphatic heterocycles. The highest BCUT2D eigenvalue weighted by molar-refractivity contribution is 6.31. The third kappa shape index (κ3) is 4.72. The Labute approximate surface area is 200 Å².